The predicted octanol–water partition coefficient (Wildman–Crippen LogP) is 2.69. The van der Waals surface area contributed by atoms with Gasteiger partial charge in [0.2, 0.25) is 0 Å². The average Bonchev–Trinajstić information content (AvgIpc) is 2.85. The van der Waals surface area contributed by atoms with Crippen molar-refractivity contribution < 1.29 is 4.79 Å². The third-order valence-corrected chi connectivity index (χ3v) is 3.71. The fourth-order valence-corrected chi connectivity index (χ4v) is 2.51. The van der Waals surface area contributed by atoms with Crippen LogP contribution in [0.4, 0.5) is 0 Å². The molecule has 18 heavy (non-hydrogen) atoms. The highest BCUT2D eigenvalue weighted by Gasteiger charge is 2.15. The largest absolute Gasteiger partial charge is 0.348 e. The van der Waals surface area contributed by atoms with Crippen molar-refractivity contribution in [2.45, 2.75) is 58.5 Å². The monoisotopic (exact) mass is 269 g/mol. The van der Waals surface area contributed by atoms with Gasteiger partial charge in [0.15, 0.2) is 0 Å². The van der Waals surface area contributed by atoms with Gasteiger partial charge < -0.3 is 11.1 Å². The summed E-state index contributed by atoms with van der Waals surface area (Å²) in [6.07, 6.45) is 5.46. The van der Waals surface area contributed by atoms with Gasteiger partial charge in [0.05, 0.1) is 0 Å². The number of carbonyl (C=O) groups excluding carboxylic acids is 1. The molecular weight excluding hydrogens is 246 g/mol. The summed E-state index contributed by atoms with van der Waals surface area (Å²) in [4.78, 5) is 16.2. The Hall–Kier alpha value is -0.940. The summed E-state index contributed by atoms with van der Waals surface area (Å²) in [7, 11) is 0. The van der Waals surface area contributed by atoms with Gasteiger partial charge in [-0.15, -0.1) is 11.3 Å². The molecule has 0 saturated carbocycles. The van der Waals surface area contributed by atoms with Crippen molar-refractivity contribution in [2.24, 2.45) is 5.73 Å². The molecule has 1 unspecified atom stereocenters. The zero-order valence-corrected chi connectivity index (χ0v) is 12.1. The van der Waals surface area contributed by atoms with Crippen molar-refractivity contribution in [3.05, 3.63) is 16.1 Å². The third kappa shape index (κ3) is 4.74. The van der Waals surface area contributed by atoms with Gasteiger partial charge in [-0.05, 0) is 12.8 Å². The van der Waals surface area contributed by atoms with Gasteiger partial charge in [-0.3, -0.25) is 4.79 Å². The summed E-state index contributed by atoms with van der Waals surface area (Å²) in [5.41, 5.74) is 5.99. The lowest BCUT2D eigenvalue weighted by molar-refractivity contribution is 0.0927. The molecule has 1 amide bonds. The second kappa shape index (κ2) is 8.21. The van der Waals surface area contributed by atoms with Gasteiger partial charge in [-0.1, -0.05) is 33.1 Å². The molecule has 1 atom stereocenters. The lowest BCUT2D eigenvalue weighted by Gasteiger charge is -2.17. The van der Waals surface area contributed by atoms with Crippen molar-refractivity contribution in [3.8, 4) is 0 Å². The Morgan fingerprint density at radius 3 is 2.78 bits per heavy atom. The van der Waals surface area contributed by atoms with Gasteiger partial charge in [0.1, 0.15) is 10.7 Å². The Bertz CT molecular complexity index is 365. The fraction of sp³-hybridized carbons (Fsp3) is 0.692. The number of thiazole rings is 1. The molecule has 0 bridgehead atoms. The molecule has 0 spiro atoms. The van der Waals surface area contributed by atoms with Crippen LogP contribution in [0.2, 0.25) is 0 Å². The number of nitrogens with two attached hydrogens (primary N) is 1. The van der Waals surface area contributed by atoms with Crippen molar-refractivity contribution in [2.75, 3.05) is 0 Å². The molecular formula is C13H23N3OS. The topological polar surface area (TPSA) is 68.0 Å². The molecule has 0 aliphatic heterocycles. The molecule has 1 rings (SSSR count). The third-order valence-electron chi connectivity index (χ3n) is 2.84. The first-order valence-electron chi connectivity index (χ1n) is 6.66. The standard InChI is InChI=1S/C13H23N3OS/c1-3-5-7-10(6-4-2)15-13(17)11-9-18-12(8-14)16-11/h9-10H,3-8,14H2,1-2H3,(H,15,17). The minimum Gasteiger partial charge on any atom is -0.348 e. The molecule has 5 heteroatoms. The molecule has 1 aromatic rings. The van der Waals surface area contributed by atoms with Crippen LogP contribution in [-0.2, 0) is 6.54 Å². The smallest absolute Gasteiger partial charge is 0.270 e. The first-order valence-corrected chi connectivity index (χ1v) is 7.54. The van der Waals surface area contributed by atoms with Gasteiger partial charge in [-0.25, -0.2) is 4.98 Å². The molecule has 4 nitrogen and oxygen atoms in total. The van der Waals surface area contributed by atoms with Gasteiger partial charge >= 0.3 is 0 Å². The molecule has 1 aromatic heterocycles. The van der Waals surface area contributed by atoms with E-state index in [-0.39, 0.29) is 11.9 Å². The second-order valence-corrected chi connectivity index (χ2v) is 5.37. The van der Waals surface area contributed by atoms with Crippen molar-refractivity contribution >= 4 is 17.2 Å². The van der Waals surface area contributed by atoms with Crippen LogP contribution in [0.25, 0.3) is 0 Å². The Labute approximate surface area is 113 Å². The predicted molar refractivity (Wildman–Crippen MR) is 75.7 cm³/mol. The zero-order chi connectivity index (χ0) is 13.4. The molecule has 102 valence electrons. The molecule has 0 aliphatic carbocycles. The van der Waals surface area contributed by atoms with Crippen LogP contribution in [-0.4, -0.2) is 16.9 Å². The Balaban J connectivity index is 2.53. The maximum atomic E-state index is 12.0. The summed E-state index contributed by atoms with van der Waals surface area (Å²) in [5, 5.41) is 5.66. The number of nitrogens with one attached hydrogen (secondary N) is 1. The highest BCUT2D eigenvalue weighted by Crippen LogP contribution is 2.11. The number of nitrogens with zero attached hydrogens (tertiary/aromatic N) is 1. The van der Waals surface area contributed by atoms with Crippen LogP contribution in [0, 0.1) is 0 Å². The number of hydrogen-bond donors (Lipinski definition) is 2. The van der Waals surface area contributed by atoms with E-state index in [1.165, 1.54) is 11.3 Å². The van der Waals surface area contributed by atoms with Crippen molar-refractivity contribution in [3.63, 3.8) is 0 Å². The Morgan fingerprint density at radius 1 is 1.44 bits per heavy atom. The van der Waals surface area contributed by atoms with E-state index in [1.54, 1.807) is 5.38 Å². The number of hydrogen-bond acceptors (Lipinski definition) is 4. The SMILES string of the molecule is CCCCC(CCC)NC(=O)c1csc(CN)n1. The number of aromatic nitrogens is 1. The van der Waals surface area contributed by atoms with Crippen LogP contribution >= 0.6 is 11.3 Å². The van der Waals surface area contributed by atoms with Crippen LogP contribution in [0.5, 0.6) is 0 Å². The normalized spacial score (nSPS) is 12.4. The average molecular weight is 269 g/mol. The van der Waals surface area contributed by atoms with E-state index in [0.29, 0.717) is 12.2 Å². The van der Waals surface area contributed by atoms with E-state index in [1.807, 2.05) is 0 Å². The van der Waals surface area contributed by atoms with E-state index >= 15 is 0 Å². The maximum Gasteiger partial charge on any atom is 0.270 e. The first kappa shape index (κ1) is 15.1. The fourth-order valence-electron chi connectivity index (χ4n) is 1.86. The Morgan fingerprint density at radius 2 is 2.22 bits per heavy atom. The van der Waals surface area contributed by atoms with E-state index in [2.05, 4.69) is 24.1 Å². The lowest BCUT2D eigenvalue weighted by atomic mass is 10.1. The Kier molecular flexibility index (Phi) is 6.90. The summed E-state index contributed by atoms with van der Waals surface area (Å²) >= 11 is 1.44. The van der Waals surface area contributed by atoms with Gasteiger partial charge in [0.25, 0.3) is 5.91 Å². The van der Waals surface area contributed by atoms with E-state index in [0.717, 1.165) is 37.1 Å². The van der Waals surface area contributed by atoms with Crippen molar-refractivity contribution in [1.82, 2.24) is 10.3 Å². The van der Waals surface area contributed by atoms with Crippen LogP contribution in [0.1, 0.15) is 61.4 Å². The molecule has 0 aromatic carbocycles. The number of rotatable bonds is 8. The molecule has 0 saturated heterocycles. The summed E-state index contributed by atoms with van der Waals surface area (Å²) in [6, 6.07) is 0.269. The zero-order valence-electron chi connectivity index (χ0n) is 11.2. The minimum atomic E-state index is -0.0690. The van der Waals surface area contributed by atoms with Crippen LogP contribution in [0.15, 0.2) is 5.38 Å². The van der Waals surface area contributed by atoms with Gasteiger partial charge in [-0.2, -0.15) is 0 Å². The maximum absolute atomic E-state index is 12.0. The van der Waals surface area contributed by atoms with E-state index in [4.69, 9.17) is 5.73 Å². The summed E-state index contributed by atoms with van der Waals surface area (Å²) in [6.45, 7) is 4.70. The second-order valence-electron chi connectivity index (χ2n) is 4.43. The lowest BCUT2D eigenvalue weighted by Crippen LogP contribution is -2.35. The highest BCUT2D eigenvalue weighted by atomic mass is 32.1. The number of amides is 1. The quantitative estimate of drug-likeness (QED) is 0.762. The molecule has 1 heterocycles. The molecule has 0 fully saturated rings. The van der Waals surface area contributed by atoms with E-state index in [9.17, 15) is 4.79 Å². The van der Waals surface area contributed by atoms with Crippen LogP contribution in [0.3, 0.4) is 0 Å². The van der Waals surface area contributed by atoms with Gasteiger partial charge in [0, 0.05) is 18.0 Å². The van der Waals surface area contributed by atoms with Crippen molar-refractivity contribution in [1.29, 1.82) is 0 Å². The highest BCUT2D eigenvalue weighted by molar-refractivity contribution is 7.09. The summed E-state index contributed by atoms with van der Waals surface area (Å²) < 4.78 is 0. The molecule has 0 aliphatic rings. The van der Waals surface area contributed by atoms with Crippen LogP contribution < -0.4 is 11.1 Å². The van der Waals surface area contributed by atoms with E-state index < -0.39 is 0 Å². The minimum absolute atomic E-state index is 0.0690. The molecule has 3 N–H and O–H groups in total. The number of unbranched alkanes of at least 4 members (excludes halogenated alkanes) is 1. The molecule has 0 radical (unpaired) electrons. The first-order chi connectivity index (χ1) is 8.71. The summed E-state index contributed by atoms with van der Waals surface area (Å²) in [5.74, 6) is -0.0690. The number of carbonyl (C=O) groups is 1.